The standard InChI is InChI=1S/C10H15F6NO3/c1-4-17-8(2,7(18)19-3)5-20-6(9(11,12)13)10(14,15)16/h6,17H,4-5H2,1-3H3. The Labute approximate surface area is 111 Å². The lowest BCUT2D eigenvalue weighted by Crippen LogP contribution is -2.56. The van der Waals surface area contributed by atoms with Gasteiger partial charge in [-0.2, -0.15) is 26.3 Å². The molecule has 4 nitrogen and oxygen atoms in total. The van der Waals surface area contributed by atoms with Gasteiger partial charge in [-0.05, 0) is 13.5 Å². The third-order valence-electron chi connectivity index (χ3n) is 2.34. The molecule has 20 heavy (non-hydrogen) atoms. The zero-order valence-electron chi connectivity index (χ0n) is 11.0. The molecule has 1 atom stereocenters. The first kappa shape index (κ1) is 19.0. The number of halogens is 6. The van der Waals surface area contributed by atoms with Gasteiger partial charge >= 0.3 is 18.3 Å². The Morgan fingerprint density at radius 3 is 1.90 bits per heavy atom. The molecule has 0 saturated carbocycles. The van der Waals surface area contributed by atoms with E-state index in [1.165, 1.54) is 6.92 Å². The van der Waals surface area contributed by atoms with Crippen molar-refractivity contribution in [3.05, 3.63) is 0 Å². The predicted molar refractivity (Wildman–Crippen MR) is 55.9 cm³/mol. The van der Waals surface area contributed by atoms with Crippen LogP contribution in [-0.4, -0.2) is 50.2 Å². The fourth-order valence-corrected chi connectivity index (χ4v) is 1.42. The van der Waals surface area contributed by atoms with Crippen LogP contribution in [0.5, 0.6) is 0 Å². The van der Waals surface area contributed by atoms with E-state index in [4.69, 9.17) is 0 Å². The number of hydrogen-bond donors (Lipinski definition) is 1. The zero-order chi connectivity index (χ0) is 16.2. The molecule has 0 fully saturated rings. The predicted octanol–water partition coefficient (Wildman–Crippen LogP) is 2.04. The Hall–Kier alpha value is -1.03. The summed E-state index contributed by atoms with van der Waals surface area (Å²) in [5, 5.41) is 2.43. The van der Waals surface area contributed by atoms with Crippen LogP contribution < -0.4 is 5.32 Å². The minimum atomic E-state index is -5.62. The highest BCUT2D eigenvalue weighted by atomic mass is 19.4. The number of alkyl halides is 6. The van der Waals surface area contributed by atoms with Crippen molar-refractivity contribution in [3.63, 3.8) is 0 Å². The molecule has 0 heterocycles. The summed E-state index contributed by atoms with van der Waals surface area (Å²) in [5.41, 5.74) is -1.81. The zero-order valence-corrected chi connectivity index (χ0v) is 11.0. The molecule has 0 amide bonds. The molecule has 0 aromatic carbocycles. The summed E-state index contributed by atoms with van der Waals surface area (Å²) in [6.45, 7) is 1.59. The number of esters is 1. The molecule has 0 aliphatic rings. The third kappa shape index (κ3) is 5.16. The van der Waals surface area contributed by atoms with E-state index in [1.54, 1.807) is 0 Å². The van der Waals surface area contributed by atoms with E-state index >= 15 is 0 Å². The van der Waals surface area contributed by atoms with Gasteiger partial charge in [-0.15, -0.1) is 0 Å². The first-order valence-electron chi connectivity index (χ1n) is 5.47. The maximum absolute atomic E-state index is 12.3. The lowest BCUT2D eigenvalue weighted by atomic mass is 10.0. The number of nitrogens with one attached hydrogen (secondary N) is 1. The second-order valence-electron chi connectivity index (χ2n) is 4.13. The topological polar surface area (TPSA) is 47.6 Å². The molecular weight excluding hydrogens is 296 g/mol. The molecule has 0 aliphatic heterocycles. The van der Waals surface area contributed by atoms with Gasteiger partial charge in [-0.3, -0.25) is 0 Å². The van der Waals surface area contributed by atoms with Gasteiger partial charge in [0.1, 0.15) is 5.54 Å². The molecular formula is C10H15F6NO3. The summed E-state index contributed by atoms with van der Waals surface area (Å²) < 4.78 is 81.9. The van der Waals surface area contributed by atoms with Gasteiger partial charge in [0.05, 0.1) is 13.7 Å². The van der Waals surface area contributed by atoms with Crippen molar-refractivity contribution in [3.8, 4) is 0 Å². The fraction of sp³-hybridized carbons (Fsp3) is 0.900. The quantitative estimate of drug-likeness (QED) is 0.602. The van der Waals surface area contributed by atoms with Gasteiger partial charge in [0.25, 0.3) is 0 Å². The molecule has 0 radical (unpaired) electrons. The Balaban J connectivity index is 5.03. The molecule has 120 valence electrons. The van der Waals surface area contributed by atoms with Gasteiger partial charge in [-0.1, -0.05) is 6.92 Å². The van der Waals surface area contributed by atoms with Gasteiger partial charge < -0.3 is 14.8 Å². The average Bonchev–Trinajstić information content (AvgIpc) is 2.24. The van der Waals surface area contributed by atoms with Crippen molar-refractivity contribution in [2.45, 2.75) is 37.8 Å². The van der Waals surface area contributed by atoms with Crippen LogP contribution in [0.4, 0.5) is 26.3 Å². The Kier molecular flexibility index (Phi) is 6.27. The number of likely N-dealkylation sites (N-methyl/N-ethyl adjacent to an activating group) is 1. The average molecular weight is 311 g/mol. The highest BCUT2D eigenvalue weighted by molar-refractivity contribution is 5.80. The monoisotopic (exact) mass is 311 g/mol. The minimum absolute atomic E-state index is 0.123. The first-order chi connectivity index (χ1) is 8.88. The number of methoxy groups -OCH3 is 1. The second-order valence-corrected chi connectivity index (χ2v) is 4.13. The molecule has 1 unspecified atom stereocenters. The van der Waals surface area contributed by atoms with Gasteiger partial charge in [0.15, 0.2) is 0 Å². The molecule has 10 heteroatoms. The molecule has 0 aromatic rings. The molecule has 0 aromatic heterocycles. The molecule has 0 rings (SSSR count). The van der Waals surface area contributed by atoms with Crippen LogP contribution in [-0.2, 0) is 14.3 Å². The summed E-state index contributed by atoms with van der Waals surface area (Å²) in [6, 6.07) is 0. The Morgan fingerprint density at radius 1 is 1.15 bits per heavy atom. The minimum Gasteiger partial charge on any atom is -0.468 e. The summed E-state index contributed by atoms with van der Waals surface area (Å²) in [5.74, 6) is -1.03. The van der Waals surface area contributed by atoms with Crippen LogP contribution in [0.15, 0.2) is 0 Å². The van der Waals surface area contributed by atoms with Crippen molar-refractivity contribution in [1.29, 1.82) is 0 Å². The molecule has 0 saturated heterocycles. The highest BCUT2D eigenvalue weighted by Gasteiger charge is 2.58. The van der Waals surface area contributed by atoms with Crippen molar-refractivity contribution in [1.82, 2.24) is 5.32 Å². The molecule has 0 aliphatic carbocycles. The van der Waals surface area contributed by atoms with Crippen molar-refractivity contribution < 1.29 is 40.6 Å². The first-order valence-corrected chi connectivity index (χ1v) is 5.47. The number of carbonyl (C=O) groups excluding carboxylic acids is 1. The molecule has 1 N–H and O–H groups in total. The molecule has 0 spiro atoms. The van der Waals surface area contributed by atoms with Crippen LogP contribution >= 0.6 is 0 Å². The van der Waals surface area contributed by atoms with Crippen molar-refractivity contribution in [2.24, 2.45) is 0 Å². The fourth-order valence-electron chi connectivity index (χ4n) is 1.42. The lowest BCUT2D eigenvalue weighted by Gasteiger charge is -2.30. The largest absolute Gasteiger partial charge is 0.468 e. The maximum Gasteiger partial charge on any atom is 0.423 e. The van der Waals surface area contributed by atoms with Crippen LogP contribution in [0, 0.1) is 0 Å². The maximum atomic E-state index is 12.3. The molecule has 0 bridgehead atoms. The van der Waals surface area contributed by atoms with E-state index in [0.29, 0.717) is 0 Å². The van der Waals surface area contributed by atoms with Gasteiger partial charge in [-0.25, -0.2) is 4.79 Å². The summed E-state index contributed by atoms with van der Waals surface area (Å²) in [4.78, 5) is 11.4. The van der Waals surface area contributed by atoms with E-state index in [9.17, 15) is 31.1 Å². The van der Waals surface area contributed by atoms with Crippen LogP contribution in [0.2, 0.25) is 0 Å². The number of carbonyl (C=O) groups is 1. The number of rotatable bonds is 6. The van der Waals surface area contributed by atoms with Crippen molar-refractivity contribution >= 4 is 5.97 Å². The van der Waals surface area contributed by atoms with Crippen molar-refractivity contribution in [2.75, 3.05) is 20.3 Å². The van der Waals surface area contributed by atoms with E-state index in [2.05, 4.69) is 14.8 Å². The summed E-state index contributed by atoms with van der Waals surface area (Å²) >= 11 is 0. The normalized spacial score (nSPS) is 16.1. The van der Waals surface area contributed by atoms with E-state index < -0.39 is 36.6 Å². The lowest BCUT2D eigenvalue weighted by molar-refractivity contribution is -0.324. The van der Waals surface area contributed by atoms with Crippen LogP contribution in [0.3, 0.4) is 0 Å². The van der Waals surface area contributed by atoms with Gasteiger partial charge in [0, 0.05) is 0 Å². The smallest absolute Gasteiger partial charge is 0.423 e. The van der Waals surface area contributed by atoms with E-state index in [1.807, 2.05) is 0 Å². The number of ether oxygens (including phenoxy) is 2. The van der Waals surface area contributed by atoms with E-state index in [-0.39, 0.29) is 6.54 Å². The summed E-state index contributed by atoms with van der Waals surface area (Å²) in [7, 11) is 0.961. The van der Waals surface area contributed by atoms with E-state index in [0.717, 1.165) is 14.0 Å². The van der Waals surface area contributed by atoms with Crippen LogP contribution in [0.1, 0.15) is 13.8 Å². The highest BCUT2D eigenvalue weighted by Crippen LogP contribution is 2.36. The second kappa shape index (κ2) is 6.61. The Bertz CT molecular complexity index is 316. The third-order valence-corrected chi connectivity index (χ3v) is 2.34. The SMILES string of the molecule is CCNC(C)(COC(C(F)(F)F)C(F)(F)F)C(=O)OC. The Morgan fingerprint density at radius 2 is 1.60 bits per heavy atom. The van der Waals surface area contributed by atoms with Gasteiger partial charge in [0.2, 0.25) is 6.10 Å². The van der Waals surface area contributed by atoms with Crippen LogP contribution in [0.25, 0.3) is 0 Å². The number of hydrogen-bond acceptors (Lipinski definition) is 4. The summed E-state index contributed by atoms with van der Waals surface area (Å²) in [6.07, 6.45) is -15.2.